The summed E-state index contributed by atoms with van der Waals surface area (Å²) in [6.07, 6.45) is 7.81. The molecule has 1 N–H and O–H groups in total. The molecular formula is C41H36Ar6N2O4Y. The zero-order valence-corrected chi connectivity index (χ0v) is 36.5. The molecule has 1 heterocycles. The maximum absolute atomic E-state index is 11.2. The topological polar surface area (TPSA) is 75.1 Å². The quantitative estimate of drug-likeness (QED) is 0.0905. The van der Waals surface area contributed by atoms with Crippen LogP contribution >= 0.6 is 0 Å². The molecule has 5 aromatic rings. The minimum Gasteiger partial charge on any atom is -0.486 e. The fraction of sp³-hybridized carbons (Fsp3) is 0.146. The molecule has 6 nitrogen and oxygen atoms in total. The van der Waals surface area contributed by atoms with Gasteiger partial charge in [-0.15, -0.1) is 0 Å². The molecule has 54 heavy (non-hydrogen) atoms. The van der Waals surface area contributed by atoms with Crippen LogP contribution in [0.15, 0.2) is 119 Å². The van der Waals surface area contributed by atoms with Gasteiger partial charge in [0.05, 0.1) is 6.57 Å². The van der Waals surface area contributed by atoms with E-state index in [1.807, 2.05) is 24.3 Å². The van der Waals surface area contributed by atoms with Gasteiger partial charge < -0.3 is 19.2 Å². The number of anilines is 3. The molecule has 285 valence electrons. The van der Waals surface area contributed by atoms with Crippen molar-refractivity contribution in [1.29, 1.82) is 0 Å². The number of fused-ring (bicyclic) bond motifs is 3. The standard InChI is InChI=1S/C39H32N2O3.C2H4O.6Ar.Y/c1-4-39(5-2)35-24-27(16-19-31-20-21-32(44-31)26-37(40-3)38(42)43)17-22-33(35)34-23-18-30(25-36(34)39)41(28-12-8-6-9-13-28)29-14-10-7-11-15-29;1-2-3;;;;;;;/h6-26H,4-5H2,1-2H3,(H,42,43);2H,1H3;;;;;;;/b19-16+,37-26-;;;;;;;;. The van der Waals surface area contributed by atoms with Crippen molar-refractivity contribution in [3.05, 3.63) is 155 Å². The molecule has 4 aromatic carbocycles. The van der Waals surface area contributed by atoms with Crippen LogP contribution in [-0.4, -0.2) is 17.4 Å². The van der Waals surface area contributed by atoms with Gasteiger partial charge >= 0.3 is 5.97 Å². The Balaban J connectivity index is -0.00000252. The summed E-state index contributed by atoms with van der Waals surface area (Å²) in [4.78, 5) is 25.3. The summed E-state index contributed by atoms with van der Waals surface area (Å²) in [5.74, 6) is -0.365. The normalized spacial score (nSPS) is 11.1. The summed E-state index contributed by atoms with van der Waals surface area (Å²) >= 11 is 0. The van der Waals surface area contributed by atoms with Crippen molar-refractivity contribution < 1.29 is 278 Å². The average Bonchev–Trinajstić information content (AvgIpc) is 3.67. The summed E-state index contributed by atoms with van der Waals surface area (Å²) in [7, 11) is 0. The van der Waals surface area contributed by atoms with E-state index < -0.39 is 5.97 Å². The molecular weight excluding hydrogens is 913 g/mol. The third-order valence-corrected chi connectivity index (χ3v) is 8.57. The number of benzene rings is 4. The molecule has 0 saturated heterocycles. The second kappa shape index (κ2) is 30.7. The maximum atomic E-state index is 11.2. The van der Waals surface area contributed by atoms with Crippen LogP contribution in [-0.2, 0) is 47.7 Å². The Hall–Kier alpha value is 2.73. The molecule has 0 aliphatic heterocycles. The number of hydrogen-bond donors (Lipinski definition) is 1. The van der Waals surface area contributed by atoms with Crippen molar-refractivity contribution in [3.63, 3.8) is 0 Å². The van der Waals surface area contributed by atoms with Crippen molar-refractivity contribution in [3.8, 4) is 11.1 Å². The molecule has 13 heteroatoms. The smallest absolute Gasteiger partial charge is 0.333 e. The summed E-state index contributed by atoms with van der Waals surface area (Å²) in [5, 5.41) is 9.12. The number of para-hydroxylation sites is 2. The van der Waals surface area contributed by atoms with Crippen LogP contribution in [0.1, 0.15) is 61.8 Å². The Labute approximate surface area is 523 Å². The molecule has 0 amide bonds. The summed E-state index contributed by atoms with van der Waals surface area (Å²) < 4.78 is 5.75. The van der Waals surface area contributed by atoms with E-state index in [-0.39, 0.29) is 270 Å². The van der Waals surface area contributed by atoms with E-state index in [0.29, 0.717) is 11.5 Å². The molecule has 1 radical (unpaired) electrons. The number of carboxylic acid groups (broad SMARTS) is 1. The minimum absolute atomic E-state index is 0. The van der Waals surface area contributed by atoms with Gasteiger partial charge in [-0.2, -0.15) is 0 Å². The van der Waals surface area contributed by atoms with Crippen molar-refractivity contribution in [2.45, 2.75) is 39.0 Å². The Kier molecular flexibility index (Phi) is 34.7. The summed E-state index contributed by atoms with van der Waals surface area (Å²) in [6.45, 7) is 13.0. The van der Waals surface area contributed by atoms with E-state index in [0.717, 1.165) is 41.8 Å². The summed E-state index contributed by atoms with van der Waals surface area (Å²) in [5.41, 5.74) is 9.13. The van der Waals surface area contributed by atoms with Crippen LogP contribution in [0.2, 0.25) is 0 Å². The van der Waals surface area contributed by atoms with E-state index in [1.165, 1.54) is 35.3 Å². The second-order valence-corrected chi connectivity index (χ2v) is 11.1. The summed E-state index contributed by atoms with van der Waals surface area (Å²) in [6, 6.07) is 37.9. The van der Waals surface area contributed by atoms with Gasteiger partial charge in [-0.3, -0.25) is 4.79 Å². The molecule has 0 bridgehead atoms. The van der Waals surface area contributed by atoms with E-state index in [2.05, 4.69) is 109 Å². The van der Waals surface area contributed by atoms with Gasteiger partial charge in [-0.25, -0.2) is 4.85 Å². The van der Waals surface area contributed by atoms with Crippen LogP contribution in [0.5, 0.6) is 0 Å². The van der Waals surface area contributed by atoms with Crippen molar-refractivity contribution in [2.24, 2.45) is 0 Å². The minimum atomic E-state index is -1.28. The van der Waals surface area contributed by atoms with Gasteiger partial charge in [0.2, 0.25) is 0 Å². The molecule has 0 unspecified atom stereocenters. The van der Waals surface area contributed by atoms with Gasteiger partial charge in [0, 0.05) is 282 Å². The third kappa shape index (κ3) is 15.0. The zero-order chi connectivity index (χ0) is 33.4. The molecule has 6 rings (SSSR count). The average molecular weight is 949 g/mol. The first-order chi connectivity index (χ1) is 22.9. The monoisotopic (exact) mass is 949 g/mol. The first-order valence-corrected chi connectivity index (χ1v) is 15.6. The second-order valence-electron chi connectivity index (χ2n) is 11.1. The van der Waals surface area contributed by atoms with Crippen LogP contribution in [0.25, 0.3) is 34.2 Å². The van der Waals surface area contributed by atoms with Crippen LogP contribution in [0.4, 0.5) is 17.1 Å². The predicted molar refractivity (Wildman–Crippen MR) is 190 cm³/mol. The number of carboxylic acids is 1. The first-order valence-electron chi connectivity index (χ1n) is 15.6. The van der Waals surface area contributed by atoms with E-state index in [1.54, 1.807) is 12.1 Å². The molecule has 1 aliphatic carbocycles. The van der Waals surface area contributed by atoms with Crippen molar-refractivity contribution >= 4 is 47.5 Å². The van der Waals surface area contributed by atoms with Gasteiger partial charge in [-0.05, 0) is 108 Å². The van der Waals surface area contributed by atoms with Gasteiger partial charge in [0.1, 0.15) is 17.8 Å². The van der Waals surface area contributed by atoms with Crippen LogP contribution < -0.4 is 4.90 Å². The SMILES string of the molecule is CC=O.[Ar].[Ar].[Ar].[Ar].[Ar].[Ar].[C-]#[N+]/C(=C\c1ccc(/C=C/c2ccc3c(c2)C(CC)(CC)c2cc(N(c4ccccc4)c4ccccc4)ccc2-3)o1)C(=O)O.[Y]. The van der Waals surface area contributed by atoms with Gasteiger partial charge in [0.15, 0.2) is 0 Å². The Bertz CT molecular complexity index is 1970. The van der Waals surface area contributed by atoms with Crippen molar-refractivity contribution in [1.82, 2.24) is 0 Å². The van der Waals surface area contributed by atoms with E-state index in [9.17, 15) is 4.79 Å². The van der Waals surface area contributed by atoms with E-state index >= 15 is 0 Å². The van der Waals surface area contributed by atoms with Gasteiger partial charge in [0.25, 0.3) is 5.70 Å². The van der Waals surface area contributed by atoms with Gasteiger partial charge in [-0.1, -0.05) is 80.6 Å². The number of nitrogens with zero attached hydrogens (tertiary/aromatic N) is 2. The van der Waals surface area contributed by atoms with Crippen molar-refractivity contribution in [2.75, 3.05) is 4.90 Å². The fourth-order valence-electron chi connectivity index (χ4n) is 6.35. The number of furan rings is 1. The Morgan fingerprint density at radius 1 is 0.722 bits per heavy atom. The number of aliphatic carboxylic acids is 1. The van der Waals surface area contributed by atoms with Crippen LogP contribution in [0, 0.1) is 233 Å². The largest absolute Gasteiger partial charge is 0.486 e. The number of carbonyl (C=O) groups excluding carboxylic acids is 1. The molecule has 0 atom stereocenters. The van der Waals surface area contributed by atoms with Crippen LogP contribution in [0.3, 0.4) is 0 Å². The molecule has 0 spiro atoms. The molecule has 1 aliphatic rings. The number of hydrogen-bond acceptors (Lipinski definition) is 4. The number of carbonyl (C=O) groups is 2. The first kappa shape index (κ1) is 61.0. The maximum Gasteiger partial charge on any atom is 0.333 e. The van der Waals surface area contributed by atoms with E-state index in [4.69, 9.17) is 20.9 Å². The molecule has 0 fully saturated rings. The zero-order valence-electron chi connectivity index (χ0n) is 29.4. The molecule has 1 aromatic heterocycles. The predicted octanol–water partition coefficient (Wildman–Crippen LogP) is 10.6. The third-order valence-electron chi connectivity index (χ3n) is 8.57. The molecule has 0 saturated carbocycles. The Morgan fingerprint density at radius 2 is 1.20 bits per heavy atom. The fourth-order valence-corrected chi connectivity index (χ4v) is 6.35. The number of rotatable bonds is 9. The Morgan fingerprint density at radius 3 is 1.69 bits per heavy atom. The number of aldehydes is 1.